The minimum absolute atomic E-state index is 0.0388. The van der Waals surface area contributed by atoms with Gasteiger partial charge in [-0.2, -0.15) is 18.3 Å². The highest BCUT2D eigenvalue weighted by Gasteiger charge is 2.33. The molecule has 2 aromatic carbocycles. The Morgan fingerprint density at radius 2 is 1.88 bits per heavy atom. The van der Waals surface area contributed by atoms with Gasteiger partial charge in [-0.1, -0.05) is 6.07 Å². The van der Waals surface area contributed by atoms with E-state index in [1.165, 1.54) is 19.2 Å². The van der Waals surface area contributed by atoms with E-state index in [1.54, 1.807) is 24.3 Å². The Balaban J connectivity index is 1.91. The molecule has 0 spiro atoms. The predicted molar refractivity (Wildman–Crippen MR) is 82.0 cm³/mol. The molecule has 0 aliphatic heterocycles. The lowest BCUT2D eigenvalue weighted by atomic mass is 10.1. The zero-order valence-corrected chi connectivity index (χ0v) is 12.4. The van der Waals surface area contributed by atoms with Crippen LogP contribution < -0.4 is 10.1 Å². The molecule has 1 aromatic heterocycles. The zero-order chi connectivity index (χ0) is 17.3. The molecule has 124 valence electrons. The number of para-hydroxylation sites is 1. The summed E-state index contributed by atoms with van der Waals surface area (Å²) >= 11 is 0. The van der Waals surface area contributed by atoms with Crippen molar-refractivity contribution in [2.75, 3.05) is 12.4 Å². The maximum absolute atomic E-state index is 13.0. The van der Waals surface area contributed by atoms with Crippen LogP contribution in [0.2, 0.25) is 0 Å². The molecule has 0 unspecified atom stereocenters. The van der Waals surface area contributed by atoms with Gasteiger partial charge in [-0.15, -0.1) is 0 Å². The third kappa shape index (κ3) is 2.90. The summed E-state index contributed by atoms with van der Waals surface area (Å²) < 4.78 is 43.9. The average molecular weight is 335 g/mol. The molecule has 1 heterocycles. The first-order chi connectivity index (χ1) is 11.4. The summed E-state index contributed by atoms with van der Waals surface area (Å²) in [5.41, 5.74) is -0.675. The average Bonchev–Trinajstić information content (AvgIpc) is 2.97. The van der Waals surface area contributed by atoms with Gasteiger partial charge < -0.3 is 10.1 Å². The largest absolute Gasteiger partial charge is 0.497 e. The summed E-state index contributed by atoms with van der Waals surface area (Å²) in [7, 11) is 1.50. The minimum Gasteiger partial charge on any atom is -0.497 e. The number of amides is 1. The first-order valence-corrected chi connectivity index (χ1v) is 6.90. The van der Waals surface area contributed by atoms with Gasteiger partial charge in [-0.05, 0) is 36.4 Å². The third-order valence-electron chi connectivity index (χ3n) is 3.49. The SMILES string of the molecule is COc1ccc(C(=O)Nc2n[nH]c3c(C(F)(F)F)cccc23)cc1. The molecule has 5 nitrogen and oxygen atoms in total. The normalized spacial score (nSPS) is 11.5. The zero-order valence-electron chi connectivity index (χ0n) is 12.4. The van der Waals surface area contributed by atoms with E-state index in [1.807, 2.05) is 0 Å². The van der Waals surface area contributed by atoms with Crippen LogP contribution in [0.25, 0.3) is 10.9 Å². The van der Waals surface area contributed by atoms with Gasteiger partial charge in [0.25, 0.3) is 5.91 Å². The van der Waals surface area contributed by atoms with Gasteiger partial charge in [0.2, 0.25) is 0 Å². The van der Waals surface area contributed by atoms with Crippen molar-refractivity contribution in [3.05, 3.63) is 53.6 Å². The Hall–Kier alpha value is -3.03. The Morgan fingerprint density at radius 3 is 2.50 bits per heavy atom. The number of aromatic amines is 1. The molecular weight excluding hydrogens is 323 g/mol. The molecular formula is C16H12F3N3O2. The van der Waals surface area contributed by atoms with Crippen molar-refractivity contribution in [3.8, 4) is 5.75 Å². The second-order valence-corrected chi connectivity index (χ2v) is 4.98. The molecule has 0 saturated heterocycles. The molecule has 3 rings (SSSR count). The molecule has 2 N–H and O–H groups in total. The fourth-order valence-corrected chi connectivity index (χ4v) is 2.30. The van der Waals surface area contributed by atoms with Crippen molar-refractivity contribution in [1.29, 1.82) is 0 Å². The number of anilines is 1. The highest BCUT2D eigenvalue weighted by molar-refractivity contribution is 6.08. The van der Waals surface area contributed by atoms with E-state index < -0.39 is 17.6 Å². The van der Waals surface area contributed by atoms with E-state index >= 15 is 0 Å². The summed E-state index contributed by atoms with van der Waals surface area (Å²) in [4.78, 5) is 12.2. The number of methoxy groups -OCH3 is 1. The number of carbonyl (C=O) groups excluding carboxylic acids is 1. The topological polar surface area (TPSA) is 67.0 Å². The summed E-state index contributed by atoms with van der Waals surface area (Å²) in [5.74, 6) is 0.145. The number of ether oxygens (including phenoxy) is 1. The number of hydrogen-bond donors (Lipinski definition) is 2. The molecule has 0 saturated carbocycles. The standard InChI is InChI=1S/C16H12F3N3O2/c1-24-10-7-5-9(6-8-10)15(23)20-14-11-3-2-4-12(16(17,18)19)13(11)21-22-14/h2-8H,1H3,(H2,20,21,22,23). The van der Waals surface area contributed by atoms with E-state index in [0.29, 0.717) is 11.3 Å². The van der Waals surface area contributed by atoms with Gasteiger partial charge >= 0.3 is 6.18 Å². The smallest absolute Gasteiger partial charge is 0.418 e. The molecule has 0 atom stereocenters. The number of halogens is 3. The van der Waals surface area contributed by atoms with Crippen molar-refractivity contribution in [2.24, 2.45) is 0 Å². The lowest BCUT2D eigenvalue weighted by Crippen LogP contribution is -2.12. The van der Waals surface area contributed by atoms with Gasteiger partial charge in [0, 0.05) is 10.9 Å². The lowest BCUT2D eigenvalue weighted by molar-refractivity contribution is -0.136. The third-order valence-corrected chi connectivity index (χ3v) is 3.49. The number of nitrogens with zero attached hydrogens (tertiary/aromatic N) is 1. The Kier molecular flexibility index (Phi) is 3.88. The summed E-state index contributed by atoms with van der Waals surface area (Å²) in [6.45, 7) is 0. The van der Waals surface area contributed by atoms with Gasteiger partial charge in [-0.25, -0.2) is 0 Å². The van der Waals surface area contributed by atoms with Crippen LogP contribution in [0.4, 0.5) is 19.0 Å². The second kappa shape index (κ2) is 5.88. The van der Waals surface area contributed by atoms with Crippen LogP contribution >= 0.6 is 0 Å². The summed E-state index contributed by atoms with van der Waals surface area (Å²) in [6, 6.07) is 9.99. The molecule has 0 aliphatic carbocycles. The number of benzene rings is 2. The lowest BCUT2D eigenvalue weighted by Gasteiger charge is -2.07. The van der Waals surface area contributed by atoms with E-state index in [-0.39, 0.29) is 16.7 Å². The molecule has 8 heteroatoms. The molecule has 1 amide bonds. The molecule has 0 bridgehead atoms. The predicted octanol–water partition coefficient (Wildman–Crippen LogP) is 3.84. The van der Waals surface area contributed by atoms with E-state index in [0.717, 1.165) is 6.07 Å². The number of aromatic nitrogens is 2. The van der Waals surface area contributed by atoms with E-state index in [4.69, 9.17) is 4.74 Å². The van der Waals surface area contributed by atoms with Crippen LogP contribution in [-0.2, 0) is 6.18 Å². The maximum Gasteiger partial charge on any atom is 0.418 e. The quantitative estimate of drug-likeness (QED) is 0.764. The first kappa shape index (κ1) is 15.9. The van der Waals surface area contributed by atoms with E-state index in [9.17, 15) is 18.0 Å². The van der Waals surface area contributed by atoms with Crippen molar-refractivity contribution in [3.63, 3.8) is 0 Å². The molecule has 0 radical (unpaired) electrons. The molecule has 0 fully saturated rings. The van der Waals surface area contributed by atoms with Crippen LogP contribution in [0.3, 0.4) is 0 Å². The van der Waals surface area contributed by atoms with Gasteiger partial charge in [0.15, 0.2) is 5.82 Å². The monoisotopic (exact) mass is 335 g/mol. The molecule has 3 aromatic rings. The Bertz CT molecular complexity index is 886. The maximum atomic E-state index is 13.0. The number of hydrogen-bond acceptors (Lipinski definition) is 3. The summed E-state index contributed by atoms with van der Waals surface area (Å²) in [6.07, 6.45) is -4.51. The van der Waals surface area contributed by atoms with Crippen LogP contribution in [0.15, 0.2) is 42.5 Å². The fourth-order valence-electron chi connectivity index (χ4n) is 2.30. The number of H-pyrrole nitrogens is 1. The number of carbonyl (C=O) groups is 1. The van der Waals surface area contributed by atoms with Crippen LogP contribution in [0.5, 0.6) is 5.75 Å². The van der Waals surface area contributed by atoms with Gasteiger partial charge in [0.1, 0.15) is 5.75 Å². The molecule has 0 aliphatic rings. The highest BCUT2D eigenvalue weighted by Crippen LogP contribution is 2.35. The van der Waals surface area contributed by atoms with Crippen molar-refractivity contribution in [1.82, 2.24) is 10.2 Å². The first-order valence-electron chi connectivity index (χ1n) is 6.90. The fraction of sp³-hybridized carbons (Fsp3) is 0.125. The molecule has 24 heavy (non-hydrogen) atoms. The van der Waals surface area contributed by atoms with Crippen molar-refractivity contribution < 1.29 is 22.7 Å². The Morgan fingerprint density at radius 1 is 1.17 bits per heavy atom. The van der Waals surface area contributed by atoms with Gasteiger partial charge in [0.05, 0.1) is 18.2 Å². The second-order valence-electron chi connectivity index (χ2n) is 4.98. The van der Waals surface area contributed by atoms with Crippen LogP contribution in [0.1, 0.15) is 15.9 Å². The summed E-state index contributed by atoms with van der Waals surface area (Å²) in [5, 5.41) is 8.82. The number of rotatable bonds is 3. The van der Waals surface area contributed by atoms with Crippen LogP contribution in [-0.4, -0.2) is 23.2 Å². The van der Waals surface area contributed by atoms with Gasteiger partial charge in [-0.3, -0.25) is 9.89 Å². The highest BCUT2D eigenvalue weighted by atomic mass is 19.4. The van der Waals surface area contributed by atoms with Crippen LogP contribution in [0, 0.1) is 0 Å². The number of alkyl halides is 3. The minimum atomic E-state index is -4.51. The number of nitrogens with one attached hydrogen (secondary N) is 2. The van der Waals surface area contributed by atoms with Crippen molar-refractivity contribution in [2.45, 2.75) is 6.18 Å². The van der Waals surface area contributed by atoms with Crippen molar-refractivity contribution >= 4 is 22.6 Å². The Labute approximate surface area is 134 Å². The van der Waals surface area contributed by atoms with E-state index in [2.05, 4.69) is 15.5 Å². The number of fused-ring (bicyclic) bond motifs is 1.